The zero-order valence-corrected chi connectivity index (χ0v) is 11.6. The van der Waals surface area contributed by atoms with Gasteiger partial charge in [-0.25, -0.2) is 0 Å². The van der Waals surface area contributed by atoms with Gasteiger partial charge in [-0.1, -0.05) is 25.1 Å². The molecule has 1 heterocycles. The van der Waals surface area contributed by atoms with Crippen LogP contribution in [0, 0.1) is 0 Å². The van der Waals surface area contributed by atoms with Gasteiger partial charge in [-0.05, 0) is 6.42 Å². The van der Waals surface area contributed by atoms with Gasteiger partial charge in [-0.2, -0.15) is 11.8 Å². The molecule has 1 aliphatic rings. The summed E-state index contributed by atoms with van der Waals surface area (Å²) in [5.74, 6) is 2.10. The van der Waals surface area contributed by atoms with Gasteiger partial charge in [-0.15, -0.1) is 0 Å². The summed E-state index contributed by atoms with van der Waals surface area (Å²) in [5, 5.41) is 4.54. The molecular weight excluding hydrogens is 242 g/mol. The lowest BCUT2D eigenvalue weighted by atomic mass is 10.3. The Morgan fingerprint density at radius 1 is 1.69 bits per heavy atom. The third kappa shape index (κ3) is 4.26. The zero-order chi connectivity index (χ0) is 12.0. The zero-order valence-electron chi connectivity index (χ0n) is 10.0. The Bertz CT molecular complexity index is 268. The lowest BCUT2D eigenvalue weighted by molar-refractivity contribution is 0.410. The Hall–Kier alpha value is -0.350. The van der Waals surface area contributed by atoms with Gasteiger partial charge in [-0.3, -0.25) is 4.99 Å². The highest BCUT2D eigenvalue weighted by molar-refractivity contribution is 8.00. The van der Waals surface area contributed by atoms with E-state index in [0.717, 1.165) is 19.0 Å². The molecule has 92 valence electrons. The Kier molecular flexibility index (Phi) is 6.06. The van der Waals surface area contributed by atoms with Crippen molar-refractivity contribution in [2.24, 2.45) is 4.99 Å². The van der Waals surface area contributed by atoms with Crippen molar-refractivity contribution < 1.29 is 0 Å². The maximum absolute atomic E-state index is 5.74. The van der Waals surface area contributed by atoms with Gasteiger partial charge in [0.05, 0.1) is 6.54 Å². The highest BCUT2D eigenvalue weighted by Crippen LogP contribution is 2.20. The van der Waals surface area contributed by atoms with Crippen molar-refractivity contribution in [3.8, 4) is 0 Å². The van der Waals surface area contributed by atoms with Gasteiger partial charge in [0.1, 0.15) is 0 Å². The molecule has 1 N–H and O–H groups in total. The maximum atomic E-state index is 5.74. The molecule has 1 atom stereocenters. The summed E-state index contributed by atoms with van der Waals surface area (Å²) in [5.41, 5.74) is 0. The molecule has 0 aromatic carbocycles. The SMILES string of the molecule is C=C(Cl)CNC(=NC)N1CCSC(CC)C1. The lowest BCUT2D eigenvalue weighted by Crippen LogP contribution is -2.48. The predicted molar refractivity (Wildman–Crippen MR) is 74.5 cm³/mol. The summed E-state index contributed by atoms with van der Waals surface area (Å²) in [6.07, 6.45) is 1.21. The topological polar surface area (TPSA) is 27.6 Å². The van der Waals surface area contributed by atoms with E-state index in [4.69, 9.17) is 11.6 Å². The minimum Gasteiger partial charge on any atom is -0.351 e. The highest BCUT2D eigenvalue weighted by Gasteiger charge is 2.21. The first-order chi connectivity index (χ1) is 7.67. The van der Waals surface area contributed by atoms with Crippen molar-refractivity contribution in [3.63, 3.8) is 0 Å². The average molecular weight is 262 g/mol. The fourth-order valence-corrected chi connectivity index (χ4v) is 2.91. The summed E-state index contributed by atoms with van der Waals surface area (Å²) >= 11 is 7.79. The van der Waals surface area contributed by atoms with Crippen molar-refractivity contribution in [1.82, 2.24) is 10.2 Å². The number of halogens is 1. The van der Waals surface area contributed by atoms with Gasteiger partial charge < -0.3 is 10.2 Å². The van der Waals surface area contributed by atoms with Crippen LogP contribution in [0.15, 0.2) is 16.6 Å². The molecule has 0 aromatic rings. The fraction of sp³-hybridized carbons (Fsp3) is 0.727. The molecule has 0 saturated carbocycles. The van der Waals surface area contributed by atoms with Crippen LogP contribution in [0.5, 0.6) is 0 Å². The average Bonchev–Trinajstić information content (AvgIpc) is 2.30. The predicted octanol–water partition coefficient (Wildman–Crippen LogP) is 2.14. The molecule has 1 saturated heterocycles. The second-order valence-corrected chi connectivity index (χ2v) is 5.71. The number of hydrogen-bond acceptors (Lipinski definition) is 2. The van der Waals surface area contributed by atoms with Crippen LogP contribution in [0.1, 0.15) is 13.3 Å². The van der Waals surface area contributed by atoms with Crippen LogP contribution >= 0.6 is 23.4 Å². The van der Waals surface area contributed by atoms with E-state index in [9.17, 15) is 0 Å². The monoisotopic (exact) mass is 261 g/mol. The van der Waals surface area contributed by atoms with E-state index in [1.165, 1.54) is 12.2 Å². The molecule has 1 aliphatic heterocycles. The fourth-order valence-electron chi connectivity index (χ4n) is 1.67. The van der Waals surface area contributed by atoms with E-state index in [0.29, 0.717) is 16.8 Å². The Balaban J connectivity index is 2.49. The minimum absolute atomic E-state index is 0.578. The van der Waals surface area contributed by atoms with E-state index >= 15 is 0 Å². The molecule has 16 heavy (non-hydrogen) atoms. The number of nitrogens with one attached hydrogen (secondary N) is 1. The van der Waals surface area contributed by atoms with Crippen LogP contribution in [0.3, 0.4) is 0 Å². The van der Waals surface area contributed by atoms with Crippen LogP contribution in [-0.4, -0.2) is 48.5 Å². The van der Waals surface area contributed by atoms with Crippen LogP contribution in [-0.2, 0) is 0 Å². The number of aliphatic imine (C=N–C) groups is 1. The standard InChI is InChI=1S/C11H20ClN3S/c1-4-10-8-15(5-6-16-10)11(13-3)14-7-9(2)12/h10H,2,4-8H2,1,3H3,(H,13,14). The third-order valence-corrected chi connectivity index (χ3v) is 4.05. The first kappa shape index (κ1) is 13.7. The Morgan fingerprint density at radius 2 is 2.44 bits per heavy atom. The smallest absolute Gasteiger partial charge is 0.194 e. The summed E-state index contributed by atoms with van der Waals surface area (Å²) < 4.78 is 0. The summed E-state index contributed by atoms with van der Waals surface area (Å²) in [4.78, 5) is 6.57. The number of nitrogens with zero attached hydrogens (tertiary/aromatic N) is 2. The second-order valence-electron chi connectivity index (χ2n) is 3.77. The lowest BCUT2D eigenvalue weighted by Gasteiger charge is -2.34. The molecule has 0 bridgehead atoms. The number of thioether (sulfide) groups is 1. The third-order valence-electron chi connectivity index (χ3n) is 2.54. The Morgan fingerprint density at radius 3 is 3.00 bits per heavy atom. The molecule has 1 rings (SSSR count). The molecule has 0 aliphatic carbocycles. The van der Waals surface area contributed by atoms with Crippen molar-refractivity contribution in [3.05, 3.63) is 11.6 Å². The molecule has 0 aromatic heterocycles. The van der Waals surface area contributed by atoms with Gasteiger partial charge in [0, 0.05) is 36.2 Å². The van der Waals surface area contributed by atoms with Crippen molar-refractivity contribution in [2.75, 3.05) is 32.4 Å². The van der Waals surface area contributed by atoms with Crippen molar-refractivity contribution >= 4 is 29.3 Å². The number of rotatable bonds is 3. The molecular formula is C11H20ClN3S. The largest absolute Gasteiger partial charge is 0.351 e. The first-order valence-electron chi connectivity index (χ1n) is 5.57. The van der Waals surface area contributed by atoms with Gasteiger partial charge in [0.2, 0.25) is 0 Å². The van der Waals surface area contributed by atoms with Crippen LogP contribution < -0.4 is 5.32 Å². The highest BCUT2D eigenvalue weighted by atomic mass is 35.5. The van der Waals surface area contributed by atoms with Crippen molar-refractivity contribution in [1.29, 1.82) is 0 Å². The summed E-state index contributed by atoms with van der Waals surface area (Å²) in [6.45, 7) is 8.59. The molecule has 0 amide bonds. The normalized spacial score (nSPS) is 22.1. The van der Waals surface area contributed by atoms with E-state index in [2.05, 4.69) is 40.5 Å². The number of guanidine groups is 1. The molecule has 0 spiro atoms. The molecule has 0 radical (unpaired) electrons. The Labute approximate surface area is 107 Å². The van der Waals surface area contributed by atoms with Crippen LogP contribution in [0.2, 0.25) is 0 Å². The molecule has 3 nitrogen and oxygen atoms in total. The number of hydrogen-bond donors (Lipinski definition) is 1. The van der Waals surface area contributed by atoms with Gasteiger partial charge >= 0.3 is 0 Å². The van der Waals surface area contributed by atoms with Crippen molar-refractivity contribution in [2.45, 2.75) is 18.6 Å². The van der Waals surface area contributed by atoms with E-state index < -0.39 is 0 Å². The molecule has 1 unspecified atom stereocenters. The van der Waals surface area contributed by atoms with Gasteiger partial charge in [0.15, 0.2) is 5.96 Å². The van der Waals surface area contributed by atoms with Gasteiger partial charge in [0.25, 0.3) is 0 Å². The first-order valence-corrected chi connectivity index (χ1v) is 7.00. The molecule has 1 fully saturated rings. The summed E-state index contributed by atoms with van der Waals surface area (Å²) in [7, 11) is 1.81. The summed E-state index contributed by atoms with van der Waals surface area (Å²) in [6, 6.07) is 0. The quantitative estimate of drug-likeness (QED) is 0.623. The molecule has 5 heteroatoms. The second kappa shape index (κ2) is 7.07. The van der Waals surface area contributed by atoms with Crippen LogP contribution in [0.25, 0.3) is 0 Å². The maximum Gasteiger partial charge on any atom is 0.194 e. The van der Waals surface area contributed by atoms with E-state index in [1.54, 1.807) is 0 Å². The van der Waals surface area contributed by atoms with E-state index in [-0.39, 0.29) is 0 Å². The van der Waals surface area contributed by atoms with E-state index in [1.807, 2.05) is 7.05 Å². The minimum atomic E-state index is 0.578. The van der Waals surface area contributed by atoms with Crippen LogP contribution in [0.4, 0.5) is 0 Å².